The SMILES string of the molecule is COCc1cnc(Cl)cc1-c1c(C)[nH]c(C(=O)N[C@H](CO)c2cccc(Cl)c2)c1C.Cc1[nH]c(C(=O)N[C@H](CO)c2cccc(Cl)c2)c(C)c1-c1cc(Cl)ncc1C#N.Cc1[nH]c(C(=O)N[C@H](CO)c2cccc(Cl)c2)c(N)c1-c1cc(Cl)ncc1F.Cc1c(C(=O)N[C@H](CO)c2cccc(Cl)c2)[nH]c(CO)c1-c1cc(Cl)ncn1. The van der Waals surface area contributed by atoms with E-state index in [0.29, 0.717) is 110 Å². The van der Waals surface area contributed by atoms with E-state index in [0.717, 1.165) is 51.0 Å². The van der Waals surface area contributed by atoms with Gasteiger partial charge in [-0.15, -0.1) is 0 Å². The summed E-state index contributed by atoms with van der Waals surface area (Å²) >= 11 is 48.0. The number of methoxy groups -OCH3 is 1. The Labute approximate surface area is 699 Å². The van der Waals surface area contributed by atoms with Gasteiger partial charge in [0.25, 0.3) is 23.6 Å². The second kappa shape index (κ2) is 40.8. The molecule has 25 nitrogen and oxygen atoms in total. The molecule has 115 heavy (non-hydrogen) atoms. The van der Waals surface area contributed by atoms with E-state index in [-0.39, 0.29) is 82.9 Å². The van der Waals surface area contributed by atoms with Crippen LogP contribution in [0.15, 0.2) is 146 Å². The lowest BCUT2D eigenvalue weighted by molar-refractivity contribution is 0.0903. The van der Waals surface area contributed by atoms with E-state index in [4.69, 9.17) is 103 Å². The molecule has 8 heterocycles. The summed E-state index contributed by atoms with van der Waals surface area (Å²) in [5.74, 6) is -2.30. The van der Waals surface area contributed by atoms with Crippen LogP contribution < -0.4 is 27.0 Å². The van der Waals surface area contributed by atoms with Gasteiger partial charge in [-0.1, -0.05) is 141 Å². The first-order chi connectivity index (χ1) is 55.0. The molecule has 0 unspecified atom stereocenters. The summed E-state index contributed by atoms with van der Waals surface area (Å²) in [4.78, 5) is 83.4. The van der Waals surface area contributed by atoms with Gasteiger partial charge < -0.3 is 77.2 Å². The van der Waals surface area contributed by atoms with Gasteiger partial charge in [-0.2, -0.15) is 5.26 Å². The first kappa shape index (κ1) is 88.7. The summed E-state index contributed by atoms with van der Waals surface area (Å²) < 4.78 is 19.5. The number of aliphatic hydroxyl groups excluding tert-OH is 5. The third-order valence-corrected chi connectivity index (χ3v) is 20.0. The fourth-order valence-corrected chi connectivity index (χ4v) is 14.2. The number of nitriles is 1. The highest BCUT2D eigenvalue weighted by Crippen LogP contribution is 2.39. The zero-order chi connectivity index (χ0) is 83.6. The van der Waals surface area contributed by atoms with Crippen LogP contribution in [-0.2, 0) is 18.0 Å². The van der Waals surface area contributed by atoms with Gasteiger partial charge >= 0.3 is 0 Å². The largest absolute Gasteiger partial charge is 0.396 e. The Hall–Kier alpha value is -10.3. The van der Waals surface area contributed by atoms with Crippen LogP contribution in [0.1, 0.15) is 139 Å². The van der Waals surface area contributed by atoms with Crippen molar-refractivity contribution >= 4 is 122 Å². The average molecular weight is 1720 g/mol. The predicted molar refractivity (Wildman–Crippen MR) is 443 cm³/mol. The van der Waals surface area contributed by atoms with E-state index in [9.17, 15) is 54.4 Å². The van der Waals surface area contributed by atoms with Crippen molar-refractivity contribution in [2.75, 3.05) is 39.3 Å². The molecule has 4 aromatic carbocycles. The number of carbonyl (C=O) groups is 4. The molecule has 34 heteroatoms. The number of benzene rings is 4. The van der Waals surface area contributed by atoms with Gasteiger partial charge in [-0.3, -0.25) is 19.2 Å². The Morgan fingerprint density at radius 1 is 0.470 bits per heavy atom. The maximum atomic E-state index is 14.2. The number of carbonyl (C=O) groups excluding carboxylic acids is 4. The third kappa shape index (κ3) is 21.8. The molecule has 8 aromatic heterocycles. The summed E-state index contributed by atoms with van der Waals surface area (Å²) in [5.41, 5.74) is 20.3. The molecule has 0 aliphatic carbocycles. The van der Waals surface area contributed by atoms with Crippen LogP contribution in [0.5, 0.6) is 0 Å². The van der Waals surface area contributed by atoms with Crippen LogP contribution >= 0.6 is 92.8 Å². The van der Waals surface area contributed by atoms with E-state index < -0.39 is 41.8 Å². The van der Waals surface area contributed by atoms with E-state index >= 15 is 0 Å². The van der Waals surface area contributed by atoms with Gasteiger partial charge in [-0.25, -0.2) is 29.3 Å². The minimum Gasteiger partial charge on any atom is -0.396 e. The molecule has 0 fully saturated rings. The highest BCUT2D eigenvalue weighted by Gasteiger charge is 2.29. The van der Waals surface area contributed by atoms with Crippen molar-refractivity contribution in [3.05, 3.63) is 288 Å². The molecular formula is C81H76Cl8FN15O10. The van der Waals surface area contributed by atoms with Gasteiger partial charge in [-0.05, 0) is 153 Å². The predicted octanol–water partition coefficient (Wildman–Crippen LogP) is 15.9. The van der Waals surface area contributed by atoms with Crippen molar-refractivity contribution in [2.45, 2.75) is 78.9 Å². The van der Waals surface area contributed by atoms with Gasteiger partial charge in [0, 0.05) is 102 Å². The molecule has 0 aliphatic heterocycles. The van der Waals surface area contributed by atoms with Crippen LogP contribution in [-0.4, -0.2) is 128 Å². The Balaban J connectivity index is 0.000000175. The Morgan fingerprint density at radius 2 is 0.835 bits per heavy atom. The highest BCUT2D eigenvalue weighted by atomic mass is 35.5. The standard InChI is InChI=1S/C22H23Cl2N3O3.C21H18Cl2N4O2.C19H17Cl2FN4O2.C19H18Cl2N4O3/c1-12-20(17-8-19(24)25-9-15(17)11-30-3)13(2)26-21(12)22(29)27-18(10-28)14-5-4-6-16(23)7-14;1-11-19(16-7-18(23)25-9-14(16)8-24)12(2)26-20(11)21(29)27-17(10-28)13-4-3-5-15(22)6-13;1-9-16(12-6-15(21)24-7-13(12)22)17(23)18(25-9)19(28)26-14(8-27)10-3-2-4-11(20)5-10;1-10-17(13-6-16(21)23-9-22-13)15(8-27)24-18(10)19(28)25-14(7-26)11-3-2-4-12(20)5-11/h4-9,18,26,28H,10-11H2,1-3H3,(H,27,29);3-7,9,17,26,28H,10H2,1-2H3,(H,27,29);2-7,14,25,27H,8,23H2,1H3,(H,26,28);2-6,9,14,24,26-27H,7-8H2,1H3,(H,25,28)/t18-;17-;2*14-/m1111/s1. The number of rotatable bonds is 23. The van der Waals surface area contributed by atoms with Crippen molar-refractivity contribution in [1.82, 2.24) is 66.1 Å². The third-order valence-electron chi connectivity index (χ3n) is 18.2. The average Bonchev–Trinajstić information content (AvgIpc) is 1.64. The molecular weight excluding hydrogens is 1650 g/mol. The second-order valence-corrected chi connectivity index (χ2v) is 29.1. The molecule has 0 spiro atoms. The fourth-order valence-electron chi connectivity index (χ4n) is 12.8. The molecule has 0 bridgehead atoms. The summed E-state index contributed by atoms with van der Waals surface area (Å²) in [6.45, 7) is 9.64. The topological polar surface area (TPSA) is 404 Å². The van der Waals surface area contributed by atoms with Gasteiger partial charge in [0.1, 0.15) is 61.6 Å². The minimum absolute atomic E-state index is 0.0558. The van der Waals surface area contributed by atoms with Gasteiger partial charge in [0.05, 0.1) is 92.6 Å². The fraction of sp³-hybridized carbons (Fsp3) is 0.210. The Kier molecular flexibility index (Phi) is 31.5. The zero-order valence-electron chi connectivity index (χ0n) is 62.3. The number of aromatic nitrogens is 9. The molecule has 598 valence electrons. The number of halogens is 9. The van der Waals surface area contributed by atoms with Crippen molar-refractivity contribution in [2.24, 2.45) is 0 Å². The molecule has 15 N–H and O–H groups in total. The van der Waals surface area contributed by atoms with Crippen molar-refractivity contribution in [3.8, 4) is 50.7 Å². The molecule has 12 rings (SSSR count). The normalized spacial score (nSPS) is 12.0. The number of nitrogens with one attached hydrogen (secondary N) is 8. The molecule has 0 saturated heterocycles. The van der Waals surface area contributed by atoms with E-state index in [2.05, 4.69) is 72.2 Å². The van der Waals surface area contributed by atoms with Crippen LogP contribution in [0.2, 0.25) is 40.7 Å². The number of aromatic amines is 4. The number of aliphatic hydroxyl groups is 5. The van der Waals surface area contributed by atoms with Crippen LogP contribution in [0.4, 0.5) is 10.1 Å². The summed E-state index contributed by atoms with van der Waals surface area (Å²) in [7, 11) is 1.61. The molecule has 0 radical (unpaired) electrons. The highest BCUT2D eigenvalue weighted by molar-refractivity contribution is 6.32. The molecule has 12 aromatic rings. The minimum atomic E-state index is -0.690. The molecule has 4 atom stereocenters. The second-order valence-electron chi connectivity index (χ2n) is 25.8. The molecule has 4 amide bonds. The van der Waals surface area contributed by atoms with Crippen molar-refractivity contribution in [1.29, 1.82) is 5.26 Å². The quantitative estimate of drug-likeness (QED) is 0.0209. The summed E-state index contributed by atoms with van der Waals surface area (Å²) in [6.07, 6.45) is 5.38. The van der Waals surface area contributed by atoms with Crippen molar-refractivity contribution < 1.29 is 53.8 Å². The number of aryl methyl sites for hydroxylation is 3. The molecule has 0 saturated carbocycles. The maximum absolute atomic E-state index is 14.2. The van der Waals surface area contributed by atoms with E-state index in [1.165, 1.54) is 18.6 Å². The Morgan fingerprint density at radius 3 is 1.24 bits per heavy atom. The number of amides is 4. The number of anilines is 1. The number of hydrogen-bond donors (Lipinski definition) is 14. The number of nitrogen functional groups attached to an aromatic ring is 1. The Bertz CT molecular complexity index is 5570. The number of nitrogens with zero attached hydrogens (tertiary/aromatic N) is 6. The maximum Gasteiger partial charge on any atom is 0.270 e. The first-order valence-corrected chi connectivity index (χ1v) is 37.9. The lowest BCUT2D eigenvalue weighted by Crippen LogP contribution is -2.31. The van der Waals surface area contributed by atoms with Crippen LogP contribution in [0, 0.1) is 58.7 Å². The molecule has 0 aliphatic rings. The lowest BCUT2D eigenvalue weighted by Gasteiger charge is -2.17. The number of H-pyrrole nitrogens is 4. The van der Waals surface area contributed by atoms with E-state index in [1.54, 1.807) is 149 Å². The van der Waals surface area contributed by atoms with E-state index in [1.807, 2.05) is 20.8 Å². The van der Waals surface area contributed by atoms with Crippen LogP contribution in [0.25, 0.3) is 44.6 Å². The lowest BCUT2D eigenvalue weighted by atomic mass is 9.98. The number of pyridine rings is 3. The summed E-state index contributed by atoms with van der Waals surface area (Å²) in [6, 6.07) is 33.5. The zero-order valence-corrected chi connectivity index (χ0v) is 68.4. The smallest absolute Gasteiger partial charge is 0.270 e. The number of ether oxygens (including phenoxy) is 1. The van der Waals surface area contributed by atoms with Crippen molar-refractivity contribution in [3.63, 3.8) is 0 Å². The monoisotopic (exact) mass is 1720 g/mol. The number of hydrogen-bond acceptors (Lipinski definition) is 17. The van der Waals surface area contributed by atoms with Gasteiger partial charge in [0.15, 0.2) is 0 Å². The van der Waals surface area contributed by atoms with Crippen LogP contribution in [0.3, 0.4) is 0 Å². The van der Waals surface area contributed by atoms with Gasteiger partial charge in [0.2, 0.25) is 0 Å². The first-order valence-electron chi connectivity index (χ1n) is 34.8. The number of nitrogens with two attached hydrogens (primary N) is 1. The summed E-state index contributed by atoms with van der Waals surface area (Å²) in [5, 5.41) is 72.2.